The Morgan fingerprint density at radius 1 is 1.28 bits per heavy atom. The summed E-state index contributed by atoms with van der Waals surface area (Å²) in [7, 11) is 0. The van der Waals surface area contributed by atoms with E-state index in [0.29, 0.717) is 42.2 Å². The van der Waals surface area contributed by atoms with Gasteiger partial charge in [-0.1, -0.05) is 44.9 Å². The van der Waals surface area contributed by atoms with Crippen LogP contribution in [0.2, 0.25) is 0 Å². The summed E-state index contributed by atoms with van der Waals surface area (Å²) in [5, 5.41) is 0. The van der Waals surface area contributed by atoms with Crippen LogP contribution < -0.4 is 0 Å². The molecule has 0 amide bonds. The Hall–Kier alpha value is -1.18. The van der Waals surface area contributed by atoms with Crippen LogP contribution in [0.4, 0.5) is 0 Å². The second-order valence-corrected chi connectivity index (χ2v) is 9.60. The lowest BCUT2D eigenvalue weighted by Gasteiger charge is -2.53. The lowest BCUT2D eigenvalue weighted by atomic mass is 9.51. The topological polar surface area (TPSA) is 34.1 Å². The first-order valence-electron chi connectivity index (χ1n) is 10.3. The number of carbonyl (C=O) groups excluding carboxylic acids is 2. The number of ketones is 2. The van der Waals surface area contributed by atoms with E-state index in [1.807, 2.05) is 13.0 Å². The van der Waals surface area contributed by atoms with Crippen molar-refractivity contribution in [2.45, 2.75) is 72.6 Å². The maximum absolute atomic E-state index is 12.7. The smallest absolute Gasteiger partial charge is 0.155 e. The van der Waals surface area contributed by atoms with E-state index >= 15 is 0 Å². The second kappa shape index (κ2) is 5.66. The SMILES string of the molecule is CCC(=O)[C@H]1[C@@H](C)CC2C3CCC4=CC(=O)CC[C@]4(C)C3=CC[C@@]21C. The Labute approximate surface area is 152 Å². The van der Waals surface area contributed by atoms with Crippen LogP contribution >= 0.6 is 0 Å². The molecule has 0 aromatic carbocycles. The molecule has 2 nitrogen and oxygen atoms in total. The van der Waals surface area contributed by atoms with Gasteiger partial charge in [0, 0.05) is 24.2 Å². The molecular formula is C23H32O2. The number of allylic oxidation sites excluding steroid dienone is 4. The van der Waals surface area contributed by atoms with E-state index in [0.717, 1.165) is 19.3 Å². The minimum Gasteiger partial charge on any atom is -0.299 e. The summed E-state index contributed by atoms with van der Waals surface area (Å²) in [5.41, 5.74) is 3.23. The first-order valence-corrected chi connectivity index (χ1v) is 10.3. The van der Waals surface area contributed by atoms with Gasteiger partial charge in [-0.15, -0.1) is 0 Å². The summed E-state index contributed by atoms with van der Waals surface area (Å²) < 4.78 is 0. The molecule has 4 rings (SSSR count). The first kappa shape index (κ1) is 17.2. The van der Waals surface area contributed by atoms with Crippen LogP contribution in [0.15, 0.2) is 23.3 Å². The van der Waals surface area contributed by atoms with Crippen LogP contribution in [0.1, 0.15) is 72.6 Å². The van der Waals surface area contributed by atoms with E-state index in [1.54, 1.807) is 5.57 Å². The lowest BCUT2D eigenvalue weighted by molar-refractivity contribution is -0.128. The Morgan fingerprint density at radius 3 is 2.76 bits per heavy atom. The molecule has 4 aliphatic carbocycles. The van der Waals surface area contributed by atoms with Crippen LogP contribution in [0.3, 0.4) is 0 Å². The fraction of sp³-hybridized carbons (Fsp3) is 0.739. The molecule has 2 unspecified atom stereocenters. The van der Waals surface area contributed by atoms with Gasteiger partial charge in [-0.2, -0.15) is 0 Å². The molecule has 0 bridgehead atoms. The van der Waals surface area contributed by atoms with Crippen LogP contribution in [0.25, 0.3) is 0 Å². The summed E-state index contributed by atoms with van der Waals surface area (Å²) >= 11 is 0. The Balaban J connectivity index is 1.74. The molecule has 2 fully saturated rings. The van der Waals surface area contributed by atoms with Crippen molar-refractivity contribution in [3.05, 3.63) is 23.3 Å². The van der Waals surface area contributed by atoms with Crippen LogP contribution in [0.5, 0.6) is 0 Å². The Bertz CT molecular complexity index is 684. The molecule has 0 heterocycles. The highest BCUT2D eigenvalue weighted by Crippen LogP contribution is 2.65. The molecule has 25 heavy (non-hydrogen) atoms. The fourth-order valence-corrected chi connectivity index (χ4v) is 7.13. The Morgan fingerprint density at radius 2 is 2.04 bits per heavy atom. The van der Waals surface area contributed by atoms with Gasteiger partial charge < -0.3 is 0 Å². The highest BCUT2D eigenvalue weighted by atomic mass is 16.1. The summed E-state index contributed by atoms with van der Waals surface area (Å²) in [6.07, 6.45) is 11.3. The van der Waals surface area contributed by atoms with Crippen molar-refractivity contribution in [1.82, 2.24) is 0 Å². The van der Waals surface area contributed by atoms with Gasteiger partial charge in [-0.3, -0.25) is 9.59 Å². The molecule has 4 aliphatic rings. The Kier molecular flexibility index (Phi) is 3.90. The van der Waals surface area contributed by atoms with Crippen molar-refractivity contribution < 1.29 is 9.59 Å². The van der Waals surface area contributed by atoms with E-state index in [4.69, 9.17) is 0 Å². The summed E-state index contributed by atoms with van der Waals surface area (Å²) in [6.45, 7) is 9.09. The monoisotopic (exact) mass is 340 g/mol. The van der Waals surface area contributed by atoms with Crippen LogP contribution in [-0.2, 0) is 9.59 Å². The van der Waals surface area contributed by atoms with Crippen molar-refractivity contribution in [2.24, 2.45) is 34.5 Å². The highest BCUT2D eigenvalue weighted by molar-refractivity contribution is 5.92. The van der Waals surface area contributed by atoms with Crippen molar-refractivity contribution >= 4 is 11.6 Å². The summed E-state index contributed by atoms with van der Waals surface area (Å²) in [4.78, 5) is 24.6. The number of rotatable bonds is 2. The van der Waals surface area contributed by atoms with E-state index in [1.165, 1.54) is 18.4 Å². The average Bonchev–Trinajstić information content (AvgIpc) is 2.85. The molecule has 2 heteroatoms. The van der Waals surface area contributed by atoms with Gasteiger partial charge >= 0.3 is 0 Å². The maximum atomic E-state index is 12.7. The molecule has 6 atom stereocenters. The van der Waals surface area contributed by atoms with Gasteiger partial charge in [0.15, 0.2) is 5.78 Å². The number of Topliss-reactive ketones (excluding diaryl/α,β-unsaturated/α-hetero) is 1. The van der Waals surface area contributed by atoms with Gasteiger partial charge in [0.1, 0.15) is 5.78 Å². The molecule has 0 radical (unpaired) electrons. The standard InChI is InChI=1S/C23H32O2/c1-5-20(25)21-14(2)12-19-17-7-6-15-13-16(24)8-10-22(15,3)18(17)9-11-23(19,21)4/h9,13-14,17,19,21H,5-8,10-12H2,1-4H3/t14-,17?,19?,21+,22-,23-/m0/s1. The van der Waals surface area contributed by atoms with Gasteiger partial charge in [0.2, 0.25) is 0 Å². The third-order valence-corrected chi connectivity index (χ3v) is 8.37. The third kappa shape index (κ3) is 2.28. The zero-order valence-electron chi connectivity index (χ0n) is 16.2. The van der Waals surface area contributed by atoms with Crippen molar-refractivity contribution in [3.63, 3.8) is 0 Å². The second-order valence-electron chi connectivity index (χ2n) is 9.60. The van der Waals surface area contributed by atoms with E-state index in [9.17, 15) is 9.59 Å². The van der Waals surface area contributed by atoms with Gasteiger partial charge in [0.25, 0.3) is 0 Å². The first-order chi connectivity index (χ1) is 11.8. The summed E-state index contributed by atoms with van der Waals surface area (Å²) in [6, 6.07) is 0. The van der Waals surface area contributed by atoms with Gasteiger partial charge in [-0.25, -0.2) is 0 Å². The number of fused-ring (bicyclic) bond motifs is 5. The maximum Gasteiger partial charge on any atom is 0.155 e. The largest absolute Gasteiger partial charge is 0.299 e. The predicted molar refractivity (Wildman–Crippen MR) is 100 cm³/mol. The minimum absolute atomic E-state index is 0.105. The lowest BCUT2D eigenvalue weighted by Crippen LogP contribution is -2.45. The van der Waals surface area contributed by atoms with Crippen molar-refractivity contribution in [2.75, 3.05) is 0 Å². The zero-order chi connectivity index (χ0) is 18.0. The van der Waals surface area contributed by atoms with Crippen molar-refractivity contribution in [1.29, 1.82) is 0 Å². The number of carbonyl (C=O) groups is 2. The average molecular weight is 341 g/mol. The minimum atomic E-state index is 0.105. The van der Waals surface area contributed by atoms with E-state index < -0.39 is 0 Å². The molecule has 0 aromatic heterocycles. The summed E-state index contributed by atoms with van der Waals surface area (Å²) in [5.74, 6) is 2.78. The highest BCUT2D eigenvalue weighted by Gasteiger charge is 2.59. The van der Waals surface area contributed by atoms with E-state index in [-0.39, 0.29) is 16.7 Å². The van der Waals surface area contributed by atoms with Gasteiger partial charge in [-0.05, 0) is 61.3 Å². The molecule has 0 saturated heterocycles. The van der Waals surface area contributed by atoms with Crippen LogP contribution in [-0.4, -0.2) is 11.6 Å². The van der Waals surface area contributed by atoms with Crippen LogP contribution in [0, 0.1) is 34.5 Å². The molecular weight excluding hydrogens is 308 g/mol. The molecule has 0 aromatic rings. The quantitative estimate of drug-likeness (QED) is 0.641. The molecule has 2 saturated carbocycles. The third-order valence-electron chi connectivity index (χ3n) is 8.37. The molecule has 0 N–H and O–H groups in total. The van der Waals surface area contributed by atoms with Gasteiger partial charge in [0.05, 0.1) is 0 Å². The molecule has 0 spiro atoms. The fourth-order valence-electron chi connectivity index (χ4n) is 7.13. The van der Waals surface area contributed by atoms with E-state index in [2.05, 4.69) is 26.8 Å². The predicted octanol–water partition coefficient (Wildman–Crippen LogP) is 5.28. The molecule has 136 valence electrons. The van der Waals surface area contributed by atoms with Crippen molar-refractivity contribution in [3.8, 4) is 0 Å². The zero-order valence-corrected chi connectivity index (χ0v) is 16.2. The normalized spacial score (nSPS) is 45.8. The molecule has 0 aliphatic heterocycles. The number of hydrogen-bond acceptors (Lipinski definition) is 2. The number of hydrogen-bond donors (Lipinski definition) is 0.